The number of amides is 1. The Bertz CT molecular complexity index is 457. The second-order valence-corrected chi connectivity index (χ2v) is 4.17. The van der Waals surface area contributed by atoms with Crippen LogP contribution in [0.2, 0.25) is 0 Å². The van der Waals surface area contributed by atoms with Crippen LogP contribution in [0, 0.1) is 0 Å². The van der Waals surface area contributed by atoms with E-state index in [4.69, 9.17) is 0 Å². The smallest absolute Gasteiger partial charge is 0.358 e. The van der Waals surface area contributed by atoms with Gasteiger partial charge in [0.1, 0.15) is 5.82 Å². The maximum Gasteiger partial charge on any atom is 0.358 e. The summed E-state index contributed by atoms with van der Waals surface area (Å²) in [5.41, 5.74) is 0.139. The van der Waals surface area contributed by atoms with E-state index in [2.05, 4.69) is 14.7 Å². The van der Waals surface area contributed by atoms with Crippen LogP contribution in [0.25, 0.3) is 0 Å². The second kappa shape index (κ2) is 7.42. The molecular formula is C13H20N4O3. The highest BCUT2D eigenvalue weighted by Gasteiger charge is 2.14. The van der Waals surface area contributed by atoms with Crippen LogP contribution in [0.3, 0.4) is 0 Å². The number of carbonyl (C=O) groups is 2. The zero-order valence-corrected chi connectivity index (χ0v) is 12.3. The van der Waals surface area contributed by atoms with E-state index in [1.807, 2.05) is 13.8 Å². The van der Waals surface area contributed by atoms with Crippen molar-refractivity contribution in [2.45, 2.75) is 13.8 Å². The number of likely N-dealkylation sites (N-methyl/N-ethyl adjacent to an activating group) is 2. The van der Waals surface area contributed by atoms with E-state index < -0.39 is 5.97 Å². The Balaban J connectivity index is 2.70. The number of ether oxygens (including phenoxy) is 1. The SMILES string of the molecule is CCN(CC)C(=O)CN(C)c1cnc(C(=O)OC)cn1. The molecule has 1 aromatic heterocycles. The van der Waals surface area contributed by atoms with Crippen LogP contribution in [0.1, 0.15) is 24.3 Å². The number of esters is 1. The van der Waals surface area contributed by atoms with E-state index >= 15 is 0 Å². The zero-order valence-electron chi connectivity index (χ0n) is 12.3. The van der Waals surface area contributed by atoms with Gasteiger partial charge in [-0.05, 0) is 13.8 Å². The summed E-state index contributed by atoms with van der Waals surface area (Å²) in [6, 6.07) is 0. The maximum absolute atomic E-state index is 12.0. The molecule has 0 aliphatic heterocycles. The molecule has 7 nitrogen and oxygen atoms in total. The molecule has 0 saturated carbocycles. The number of carbonyl (C=O) groups excluding carboxylic acids is 2. The second-order valence-electron chi connectivity index (χ2n) is 4.17. The lowest BCUT2D eigenvalue weighted by atomic mass is 10.4. The van der Waals surface area contributed by atoms with Gasteiger partial charge in [-0.3, -0.25) is 4.79 Å². The van der Waals surface area contributed by atoms with E-state index in [9.17, 15) is 9.59 Å². The number of nitrogens with zero attached hydrogens (tertiary/aromatic N) is 4. The molecule has 7 heteroatoms. The molecule has 110 valence electrons. The summed E-state index contributed by atoms with van der Waals surface area (Å²) in [6.45, 7) is 5.44. The van der Waals surface area contributed by atoms with Crippen LogP contribution in [0.15, 0.2) is 12.4 Å². The van der Waals surface area contributed by atoms with Crippen LogP contribution >= 0.6 is 0 Å². The van der Waals surface area contributed by atoms with Crippen molar-refractivity contribution in [2.24, 2.45) is 0 Å². The molecule has 0 atom stereocenters. The fourth-order valence-electron chi connectivity index (χ4n) is 1.69. The van der Waals surface area contributed by atoms with E-state index in [1.165, 1.54) is 19.5 Å². The largest absolute Gasteiger partial charge is 0.464 e. The molecule has 20 heavy (non-hydrogen) atoms. The summed E-state index contributed by atoms with van der Waals surface area (Å²) in [6.07, 6.45) is 2.78. The molecule has 1 amide bonds. The lowest BCUT2D eigenvalue weighted by Gasteiger charge is -2.23. The summed E-state index contributed by atoms with van der Waals surface area (Å²) in [4.78, 5) is 34.7. The quantitative estimate of drug-likeness (QED) is 0.709. The van der Waals surface area contributed by atoms with Gasteiger partial charge in [-0.2, -0.15) is 0 Å². The van der Waals surface area contributed by atoms with Crippen molar-refractivity contribution in [1.82, 2.24) is 14.9 Å². The predicted molar refractivity (Wildman–Crippen MR) is 74.6 cm³/mol. The lowest BCUT2D eigenvalue weighted by molar-refractivity contribution is -0.129. The van der Waals surface area contributed by atoms with Gasteiger partial charge in [-0.25, -0.2) is 14.8 Å². The van der Waals surface area contributed by atoms with Crippen LogP contribution in [-0.4, -0.2) is 60.5 Å². The lowest BCUT2D eigenvalue weighted by Crippen LogP contribution is -2.39. The van der Waals surface area contributed by atoms with Crippen molar-refractivity contribution in [3.63, 3.8) is 0 Å². The minimum Gasteiger partial charge on any atom is -0.464 e. The third-order valence-corrected chi connectivity index (χ3v) is 2.91. The monoisotopic (exact) mass is 280 g/mol. The fraction of sp³-hybridized carbons (Fsp3) is 0.538. The Labute approximate surface area is 118 Å². The van der Waals surface area contributed by atoms with Crippen molar-refractivity contribution in [1.29, 1.82) is 0 Å². The summed E-state index contributed by atoms with van der Waals surface area (Å²) < 4.78 is 4.55. The molecular weight excluding hydrogens is 260 g/mol. The number of anilines is 1. The first-order chi connectivity index (χ1) is 9.53. The Morgan fingerprint density at radius 3 is 2.30 bits per heavy atom. The van der Waals surface area contributed by atoms with Gasteiger partial charge in [0.15, 0.2) is 5.69 Å². The first-order valence-electron chi connectivity index (χ1n) is 6.42. The number of aromatic nitrogens is 2. The van der Waals surface area contributed by atoms with Gasteiger partial charge in [0, 0.05) is 20.1 Å². The van der Waals surface area contributed by atoms with Crippen LogP contribution in [0.4, 0.5) is 5.82 Å². The van der Waals surface area contributed by atoms with Gasteiger partial charge in [0.25, 0.3) is 0 Å². The standard InChI is InChI=1S/C13H20N4O3/c1-5-17(6-2)12(18)9-16(3)11-8-14-10(7-15-11)13(19)20-4/h7-8H,5-6,9H2,1-4H3. The average molecular weight is 280 g/mol. The molecule has 0 unspecified atom stereocenters. The van der Waals surface area contributed by atoms with E-state index in [-0.39, 0.29) is 18.1 Å². The Morgan fingerprint density at radius 2 is 1.85 bits per heavy atom. The van der Waals surface area contributed by atoms with E-state index in [0.29, 0.717) is 18.9 Å². The highest BCUT2D eigenvalue weighted by Crippen LogP contribution is 2.07. The number of methoxy groups -OCH3 is 1. The molecule has 0 N–H and O–H groups in total. The molecule has 0 saturated heterocycles. The van der Waals surface area contributed by atoms with Gasteiger partial charge in [0.2, 0.25) is 5.91 Å². The summed E-state index contributed by atoms with van der Waals surface area (Å²) in [7, 11) is 3.04. The van der Waals surface area contributed by atoms with Crippen LogP contribution in [0.5, 0.6) is 0 Å². The van der Waals surface area contributed by atoms with Gasteiger partial charge < -0.3 is 14.5 Å². The van der Waals surface area contributed by atoms with Crippen molar-refractivity contribution in [2.75, 3.05) is 38.7 Å². The first-order valence-corrected chi connectivity index (χ1v) is 6.42. The highest BCUT2D eigenvalue weighted by molar-refractivity contribution is 5.86. The number of hydrogen-bond donors (Lipinski definition) is 0. The van der Waals surface area contributed by atoms with Crippen molar-refractivity contribution in [3.05, 3.63) is 18.1 Å². The summed E-state index contributed by atoms with van der Waals surface area (Å²) in [5, 5.41) is 0. The molecule has 1 aromatic rings. The van der Waals surface area contributed by atoms with E-state index in [1.54, 1.807) is 16.8 Å². The van der Waals surface area contributed by atoms with Crippen LogP contribution < -0.4 is 4.90 Å². The summed E-state index contributed by atoms with van der Waals surface area (Å²) in [5.74, 6) is 0.0143. The third-order valence-electron chi connectivity index (χ3n) is 2.91. The molecule has 1 rings (SSSR count). The fourth-order valence-corrected chi connectivity index (χ4v) is 1.69. The van der Waals surface area contributed by atoms with Gasteiger partial charge in [-0.1, -0.05) is 0 Å². The van der Waals surface area contributed by atoms with Crippen molar-refractivity contribution in [3.8, 4) is 0 Å². The number of rotatable bonds is 6. The Morgan fingerprint density at radius 1 is 1.20 bits per heavy atom. The van der Waals surface area contributed by atoms with Crippen molar-refractivity contribution < 1.29 is 14.3 Å². The molecule has 0 aromatic carbocycles. The molecule has 0 radical (unpaired) electrons. The van der Waals surface area contributed by atoms with E-state index in [0.717, 1.165) is 0 Å². The third kappa shape index (κ3) is 3.91. The minimum absolute atomic E-state index is 0.0244. The Kier molecular flexibility index (Phi) is 5.89. The molecule has 0 aliphatic rings. The number of hydrogen-bond acceptors (Lipinski definition) is 6. The van der Waals surface area contributed by atoms with Crippen LogP contribution in [-0.2, 0) is 9.53 Å². The molecule has 0 aliphatic carbocycles. The highest BCUT2D eigenvalue weighted by atomic mass is 16.5. The zero-order chi connectivity index (χ0) is 15.1. The molecule has 0 fully saturated rings. The normalized spacial score (nSPS) is 10.0. The Hall–Kier alpha value is -2.18. The minimum atomic E-state index is -0.536. The summed E-state index contributed by atoms with van der Waals surface area (Å²) >= 11 is 0. The van der Waals surface area contributed by atoms with Gasteiger partial charge in [0.05, 0.1) is 26.0 Å². The van der Waals surface area contributed by atoms with Gasteiger partial charge >= 0.3 is 5.97 Å². The predicted octanol–water partition coefficient (Wildman–Crippen LogP) is 0.568. The molecule has 0 bridgehead atoms. The first kappa shape index (κ1) is 15.9. The van der Waals surface area contributed by atoms with Crippen molar-refractivity contribution >= 4 is 17.7 Å². The topological polar surface area (TPSA) is 75.6 Å². The molecule has 0 spiro atoms. The average Bonchev–Trinajstić information content (AvgIpc) is 2.47. The molecule has 1 heterocycles. The maximum atomic E-state index is 12.0. The van der Waals surface area contributed by atoms with Gasteiger partial charge in [-0.15, -0.1) is 0 Å².